The number of hydrogen-bond donors (Lipinski definition) is 0. The number of halogens is 1. The van der Waals surface area contributed by atoms with E-state index in [1.54, 1.807) is 14.2 Å². The molecule has 0 saturated heterocycles. The molecule has 1 saturated carbocycles. The molecule has 0 N–H and O–H groups in total. The molecule has 0 amide bonds. The summed E-state index contributed by atoms with van der Waals surface area (Å²) in [7, 11) is 3.42. The average Bonchev–Trinajstić information content (AvgIpc) is 2.72. The Bertz CT molecular complexity index is 829. The Kier molecular flexibility index (Phi) is 5.84. The normalized spacial score (nSPS) is 25.2. The standard InChI is InChI=1S/C24H30ClNO2/c1-16-7-9-20(10-8-16)26-12-11-17-14-22(27-2)23(28-3)15-21(17)24(26)18-5-4-6-19(25)13-18/h4-6,13-16,20,24H,7-12H2,1-3H3/t16?,20?,24-/m1/s1. The van der Waals surface area contributed by atoms with Crippen LogP contribution in [0, 0.1) is 5.92 Å². The van der Waals surface area contributed by atoms with E-state index in [-0.39, 0.29) is 6.04 Å². The molecule has 0 bridgehead atoms. The molecule has 0 radical (unpaired) electrons. The van der Waals surface area contributed by atoms with Gasteiger partial charge in [-0.3, -0.25) is 4.90 Å². The van der Waals surface area contributed by atoms with Gasteiger partial charge in [0.15, 0.2) is 11.5 Å². The Hall–Kier alpha value is -1.71. The molecule has 0 aromatic heterocycles. The number of rotatable bonds is 4. The second-order valence-corrected chi connectivity index (χ2v) is 8.70. The summed E-state index contributed by atoms with van der Waals surface area (Å²) in [5, 5.41) is 0.794. The number of ether oxygens (including phenoxy) is 2. The van der Waals surface area contributed by atoms with E-state index in [0.717, 1.165) is 35.4 Å². The van der Waals surface area contributed by atoms with Crippen LogP contribution in [0.2, 0.25) is 5.02 Å². The molecule has 2 aromatic carbocycles. The summed E-state index contributed by atoms with van der Waals surface area (Å²) in [5.74, 6) is 2.46. The van der Waals surface area contributed by atoms with Crippen LogP contribution in [0.5, 0.6) is 11.5 Å². The van der Waals surface area contributed by atoms with Crippen molar-refractivity contribution in [1.82, 2.24) is 4.90 Å². The summed E-state index contributed by atoms with van der Waals surface area (Å²) in [6.07, 6.45) is 6.24. The monoisotopic (exact) mass is 399 g/mol. The zero-order valence-corrected chi connectivity index (χ0v) is 17.8. The first-order chi connectivity index (χ1) is 13.6. The highest BCUT2D eigenvalue weighted by Gasteiger charge is 2.35. The van der Waals surface area contributed by atoms with Crippen molar-refractivity contribution in [2.24, 2.45) is 5.92 Å². The summed E-state index contributed by atoms with van der Waals surface area (Å²) in [6.45, 7) is 3.45. The van der Waals surface area contributed by atoms with Crippen LogP contribution in [0.3, 0.4) is 0 Å². The molecule has 0 unspecified atom stereocenters. The molecule has 2 aliphatic rings. The maximum Gasteiger partial charge on any atom is 0.161 e. The molecule has 1 heterocycles. The van der Waals surface area contributed by atoms with Crippen molar-refractivity contribution in [1.29, 1.82) is 0 Å². The van der Waals surface area contributed by atoms with Crippen LogP contribution in [-0.4, -0.2) is 31.7 Å². The van der Waals surface area contributed by atoms with Gasteiger partial charge in [-0.05, 0) is 79.0 Å². The van der Waals surface area contributed by atoms with E-state index >= 15 is 0 Å². The summed E-state index contributed by atoms with van der Waals surface area (Å²) in [6, 6.07) is 13.5. The van der Waals surface area contributed by atoms with Crippen LogP contribution in [0.4, 0.5) is 0 Å². The molecule has 4 heteroatoms. The fraction of sp³-hybridized carbons (Fsp3) is 0.500. The SMILES string of the molecule is COc1cc2c(cc1OC)[C@@H](c1cccc(Cl)c1)N(C1CCC(C)CC1)CC2. The van der Waals surface area contributed by atoms with Gasteiger partial charge < -0.3 is 9.47 Å². The van der Waals surface area contributed by atoms with Crippen LogP contribution >= 0.6 is 11.6 Å². The van der Waals surface area contributed by atoms with Gasteiger partial charge in [-0.2, -0.15) is 0 Å². The topological polar surface area (TPSA) is 21.7 Å². The van der Waals surface area contributed by atoms with Crippen molar-refractivity contribution in [2.45, 2.75) is 51.1 Å². The lowest BCUT2D eigenvalue weighted by molar-refractivity contribution is 0.102. The predicted molar refractivity (Wildman–Crippen MR) is 115 cm³/mol. The van der Waals surface area contributed by atoms with Gasteiger partial charge in [0.25, 0.3) is 0 Å². The van der Waals surface area contributed by atoms with Crippen molar-refractivity contribution < 1.29 is 9.47 Å². The fourth-order valence-corrected chi connectivity index (χ4v) is 5.18. The van der Waals surface area contributed by atoms with Gasteiger partial charge in [-0.1, -0.05) is 30.7 Å². The Morgan fingerprint density at radius 2 is 1.68 bits per heavy atom. The molecule has 4 rings (SSSR count). The molecular weight excluding hydrogens is 370 g/mol. The van der Waals surface area contributed by atoms with Gasteiger partial charge >= 0.3 is 0 Å². The summed E-state index contributed by atoms with van der Waals surface area (Å²) < 4.78 is 11.2. The van der Waals surface area contributed by atoms with Crippen LogP contribution in [0.1, 0.15) is 55.3 Å². The molecule has 1 aliphatic heterocycles. The third kappa shape index (κ3) is 3.75. The largest absolute Gasteiger partial charge is 0.493 e. The third-order valence-corrected chi connectivity index (χ3v) is 6.76. The minimum atomic E-state index is 0.209. The summed E-state index contributed by atoms with van der Waals surface area (Å²) >= 11 is 6.39. The molecule has 28 heavy (non-hydrogen) atoms. The maximum absolute atomic E-state index is 6.39. The Balaban J connectivity index is 1.79. The number of fused-ring (bicyclic) bond motifs is 1. The zero-order valence-electron chi connectivity index (χ0n) is 17.1. The molecule has 150 valence electrons. The lowest BCUT2D eigenvalue weighted by Crippen LogP contribution is -2.44. The van der Waals surface area contributed by atoms with Crippen LogP contribution in [-0.2, 0) is 6.42 Å². The van der Waals surface area contributed by atoms with Gasteiger partial charge in [0.2, 0.25) is 0 Å². The van der Waals surface area contributed by atoms with Gasteiger partial charge in [0, 0.05) is 17.6 Å². The van der Waals surface area contributed by atoms with Crippen LogP contribution in [0.15, 0.2) is 36.4 Å². The quantitative estimate of drug-likeness (QED) is 0.640. The highest BCUT2D eigenvalue weighted by Crippen LogP contribution is 2.44. The first-order valence-corrected chi connectivity index (χ1v) is 10.7. The third-order valence-electron chi connectivity index (χ3n) is 6.53. The van der Waals surface area contributed by atoms with E-state index in [2.05, 4.69) is 42.2 Å². The van der Waals surface area contributed by atoms with Crippen LogP contribution < -0.4 is 9.47 Å². The number of methoxy groups -OCH3 is 2. The highest BCUT2D eigenvalue weighted by molar-refractivity contribution is 6.30. The smallest absolute Gasteiger partial charge is 0.161 e. The first kappa shape index (κ1) is 19.6. The number of benzene rings is 2. The van der Waals surface area contributed by atoms with Gasteiger partial charge in [0.05, 0.1) is 20.3 Å². The molecule has 1 atom stereocenters. The second-order valence-electron chi connectivity index (χ2n) is 8.27. The number of nitrogens with zero attached hydrogens (tertiary/aromatic N) is 1. The maximum atomic E-state index is 6.39. The molecule has 2 aromatic rings. The van der Waals surface area contributed by atoms with Crippen molar-refractivity contribution in [2.75, 3.05) is 20.8 Å². The molecule has 1 aliphatic carbocycles. The fourth-order valence-electron chi connectivity index (χ4n) is 4.98. The van der Waals surface area contributed by atoms with Gasteiger partial charge in [-0.25, -0.2) is 0 Å². The molecule has 0 spiro atoms. The van der Waals surface area contributed by atoms with Crippen molar-refractivity contribution in [3.8, 4) is 11.5 Å². The Morgan fingerprint density at radius 3 is 2.36 bits per heavy atom. The summed E-state index contributed by atoms with van der Waals surface area (Å²) in [5.41, 5.74) is 3.94. The van der Waals surface area contributed by atoms with E-state index in [9.17, 15) is 0 Å². The van der Waals surface area contributed by atoms with Crippen molar-refractivity contribution in [3.63, 3.8) is 0 Å². The van der Waals surface area contributed by atoms with E-state index in [1.807, 2.05) is 6.07 Å². The van der Waals surface area contributed by atoms with E-state index in [4.69, 9.17) is 21.1 Å². The molecule has 3 nitrogen and oxygen atoms in total. The Labute approximate surface area is 173 Å². The predicted octanol–water partition coefficient (Wildman–Crippen LogP) is 5.88. The Morgan fingerprint density at radius 1 is 0.964 bits per heavy atom. The first-order valence-electron chi connectivity index (χ1n) is 10.4. The summed E-state index contributed by atoms with van der Waals surface area (Å²) in [4.78, 5) is 2.71. The molecule has 1 fully saturated rings. The van der Waals surface area contributed by atoms with E-state index < -0.39 is 0 Å². The lowest BCUT2D eigenvalue weighted by atomic mass is 9.81. The van der Waals surface area contributed by atoms with E-state index in [0.29, 0.717) is 6.04 Å². The molecular formula is C24H30ClNO2. The van der Waals surface area contributed by atoms with Crippen LogP contribution in [0.25, 0.3) is 0 Å². The van der Waals surface area contributed by atoms with Gasteiger partial charge in [0.1, 0.15) is 0 Å². The average molecular weight is 400 g/mol. The lowest BCUT2D eigenvalue weighted by Gasteiger charge is -2.45. The number of hydrogen-bond acceptors (Lipinski definition) is 3. The van der Waals surface area contributed by atoms with Crippen molar-refractivity contribution in [3.05, 3.63) is 58.1 Å². The van der Waals surface area contributed by atoms with E-state index in [1.165, 1.54) is 42.4 Å². The van der Waals surface area contributed by atoms with Gasteiger partial charge in [-0.15, -0.1) is 0 Å². The van der Waals surface area contributed by atoms with Crippen molar-refractivity contribution >= 4 is 11.6 Å². The zero-order chi connectivity index (χ0) is 19.7. The highest BCUT2D eigenvalue weighted by atomic mass is 35.5. The minimum absolute atomic E-state index is 0.209. The minimum Gasteiger partial charge on any atom is -0.493 e. The second kappa shape index (κ2) is 8.34.